The van der Waals surface area contributed by atoms with E-state index in [-0.39, 0.29) is 25.4 Å². The maximum Gasteiger partial charge on any atom is 0.341 e. The van der Waals surface area contributed by atoms with Gasteiger partial charge in [-0.3, -0.25) is 20.2 Å². The lowest BCUT2D eigenvalue weighted by Gasteiger charge is -2.21. The predicted octanol–water partition coefficient (Wildman–Crippen LogP) is 1.16. The summed E-state index contributed by atoms with van der Waals surface area (Å²) in [6, 6.07) is -1.40. The normalized spacial score (nSPS) is 17.4. The molecule has 3 N–H and O–H groups in total. The van der Waals surface area contributed by atoms with E-state index in [1.807, 2.05) is 0 Å². The Kier molecular flexibility index (Phi) is 5.32. The van der Waals surface area contributed by atoms with Crippen LogP contribution in [0.3, 0.4) is 0 Å². The van der Waals surface area contributed by atoms with Crippen molar-refractivity contribution in [2.75, 3.05) is 11.9 Å². The van der Waals surface area contributed by atoms with Gasteiger partial charge in [0, 0.05) is 6.42 Å². The van der Waals surface area contributed by atoms with E-state index in [4.69, 9.17) is 4.74 Å². The van der Waals surface area contributed by atoms with E-state index >= 15 is 0 Å². The lowest BCUT2D eigenvalue weighted by atomic mass is 10.1. The number of thiophene rings is 1. The van der Waals surface area contributed by atoms with Gasteiger partial charge in [0.05, 0.1) is 12.2 Å². The summed E-state index contributed by atoms with van der Waals surface area (Å²) in [5.41, 5.74) is 1.00. The highest BCUT2D eigenvalue weighted by Crippen LogP contribution is 2.28. The predicted molar refractivity (Wildman–Crippen MR) is 83.3 cm³/mol. The Morgan fingerprint density at radius 2 is 2.17 bits per heavy atom. The van der Waals surface area contributed by atoms with Gasteiger partial charge in [0.1, 0.15) is 11.0 Å². The van der Waals surface area contributed by atoms with Gasteiger partial charge in [0.25, 0.3) is 0 Å². The average molecular weight is 339 g/mol. The van der Waals surface area contributed by atoms with E-state index in [1.54, 1.807) is 19.2 Å². The van der Waals surface area contributed by atoms with Gasteiger partial charge in [-0.15, -0.1) is 11.3 Å². The Morgan fingerprint density at radius 1 is 1.43 bits per heavy atom. The number of ether oxygens (including phenoxy) is 1. The van der Waals surface area contributed by atoms with Crippen molar-refractivity contribution in [1.82, 2.24) is 10.6 Å². The summed E-state index contributed by atoms with van der Waals surface area (Å²) >= 11 is 1.19. The molecule has 1 aliphatic heterocycles. The monoisotopic (exact) mass is 339 g/mol. The fourth-order valence-electron chi connectivity index (χ4n) is 2.12. The van der Waals surface area contributed by atoms with Crippen LogP contribution in [0.25, 0.3) is 0 Å². The van der Waals surface area contributed by atoms with Crippen LogP contribution in [-0.4, -0.2) is 36.5 Å². The zero-order valence-electron chi connectivity index (χ0n) is 12.7. The molecular formula is C14H17N3O5S. The summed E-state index contributed by atoms with van der Waals surface area (Å²) in [6.07, 6.45) is 0.412. The molecule has 0 aliphatic carbocycles. The van der Waals surface area contributed by atoms with E-state index in [0.717, 1.165) is 0 Å². The van der Waals surface area contributed by atoms with E-state index < -0.39 is 23.9 Å². The molecule has 0 spiro atoms. The topological polar surface area (TPSA) is 114 Å². The summed E-state index contributed by atoms with van der Waals surface area (Å²) in [5, 5.41) is 9.28. The van der Waals surface area contributed by atoms with Crippen molar-refractivity contribution >= 4 is 40.2 Å². The first kappa shape index (κ1) is 16.9. The largest absolute Gasteiger partial charge is 0.462 e. The molecule has 2 rings (SSSR count). The molecule has 0 aromatic carbocycles. The first-order chi connectivity index (χ1) is 10.9. The molecule has 0 saturated carbocycles. The second-order valence-electron chi connectivity index (χ2n) is 4.95. The number of carbonyl (C=O) groups excluding carboxylic acids is 4. The zero-order valence-corrected chi connectivity index (χ0v) is 13.5. The molecule has 8 nitrogen and oxygen atoms in total. The summed E-state index contributed by atoms with van der Waals surface area (Å²) in [5.74, 6) is -1.40. The van der Waals surface area contributed by atoms with Gasteiger partial charge in [-0.2, -0.15) is 0 Å². The molecule has 1 aromatic rings. The van der Waals surface area contributed by atoms with Crippen LogP contribution < -0.4 is 16.0 Å². The number of nitrogens with one attached hydrogen (secondary N) is 3. The highest BCUT2D eigenvalue weighted by atomic mass is 32.1. The number of esters is 1. The van der Waals surface area contributed by atoms with Crippen molar-refractivity contribution in [3.05, 3.63) is 16.5 Å². The number of urea groups is 1. The summed E-state index contributed by atoms with van der Waals surface area (Å²) in [7, 11) is 0. The average Bonchev–Trinajstić information content (AvgIpc) is 2.83. The van der Waals surface area contributed by atoms with Gasteiger partial charge in [-0.25, -0.2) is 9.59 Å². The summed E-state index contributed by atoms with van der Waals surface area (Å²) < 4.78 is 4.96. The van der Waals surface area contributed by atoms with E-state index in [1.165, 1.54) is 11.3 Å². The molecule has 0 radical (unpaired) electrons. The molecule has 2 heterocycles. The number of piperidine rings is 1. The second-order valence-corrected chi connectivity index (χ2v) is 5.83. The molecule has 0 bridgehead atoms. The Morgan fingerprint density at radius 3 is 2.83 bits per heavy atom. The van der Waals surface area contributed by atoms with Crippen molar-refractivity contribution in [3.63, 3.8) is 0 Å². The zero-order chi connectivity index (χ0) is 17.0. The second kappa shape index (κ2) is 7.23. The van der Waals surface area contributed by atoms with E-state index in [9.17, 15) is 19.2 Å². The molecule has 1 saturated heterocycles. The number of anilines is 1. The van der Waals surface area contributed by atoms with Crippen LogP contribution in [0.1, 0.15) is 35.7 Å². The number of rotatable bonds is 4. The van der Waals surface area contributed by atoms with Crippen LogP contribution >= 0.6 is 11.3 Å². The fourth-order valence-corrected chi connectivity index (χ4v) is 3.05. The van der Waals surface area contributed by atoms with Crippen LogP contribution in [0, 0.1) is 6.92 Å². The maximum absolute atomic E-state index is 12.0. The number of hydrogen-bond donors (Lipinski definition) is 3. The van der Waals surface area contributed by atoms with Crippen molar-refractivity contribution in [1.29, 1.82) is 0 Å². The van der Waals surface area contributed by atoms with Crippen molar-refractivity contribution < 1.29 is 23.9 Å². The summed E-state index contributed by atoms with van der Waals surface area (Å²) in [4.78, 5) is 46.6. The van der Waals surface area contributed by atoms with Gasteiger partial charge in [0.2, 0.25) is 11.8 Å². The van der Waals surface area contributed by atoms with Crippen molar-refractivity contribution in [2.24, 2.45) is 0 Å². The smallest absolute Gasteiger partial charge is 0.341 e. The molecule has 1 fully saturated rings. The third-order valence-electron chi connectivity index (χ3n) is 3.23. The van der Waals surface area contributed by atoms with Gasteiger partial charge in [-0.05, 0) is 31.2 Å². The van der Waals surface area contributed by atoms with Crippen LogP contribution in [0.15, 0.2) is 5.38 Å². The van der Waals surface area contributed by atoms with Crippen LogP contribution in [0.4, 0.5) is 9.80 Å². The molecule has 23 heavy (non-hydrogen) atoms. The molecule has 1 aromatic heterocycles. The Labute approximate surface area is 136 Å². The third kappa shape index (κ3) is 4.07. The Balaban J connectivity index is 2.02. The molecule has 1 unspecified atom stereocenters. The number of aryl methyl sites for hydroxylation is 1. The molecule has 9 heteroatoms. The molecule has 4 amide bonds. The number of imide groups is 1. The fraction of sp³-hybridized carbons (Fsp3) is 0.429. The first-order valence-electron chi connectivity index (χ1n) is 7.08. The minimum absolute atomic E-state index is 0.170. The van der Waals surface area contributed by atoms with E-state index in [2.05, 4.69) is 16.0 Å². The van der Waals surface area contributed by atoms with Gasteiger partial charge < -0.3 is 10.1 Å². The molecule has 124 valence electrons. The van der Waals surface area contributed by atoms with Crippen LogP contribution in [0.5, 0.6) is 0 Å². The summed E-state index contributed by atoms with van der Waals surface area (Å²) in [6.45, 7) is 3.67. The highest BCUT2D eigenvalue weighted by Gasteiger charge is 2.28. The number of amides is 4. The standard InChI is InChI=1S/C14H17N3O5S/c1-3-22-13(20)10-7(2)6-23-12(10)17-14(21)15-8-4-5-9(18)16-11(8)19/h6,8H,3-5H2,1-2H3,(H2,15,17,21)(H,16,18,19). The molecule has 1 atom stereocenters. The minimum Gasteiger partial charge on any atom is -0.462 e. The van der Waals surface area contributed by atoms with Crippen molar-refractivity contribution in [3.8, 4) is 0 Å². The number of carbonyl (C=O) groups is 4. The third-order valence-corrected chi connectivity index (χ3v) is 4.24. The van der Waals surface area contributed by atoms with Crippen LogP contribution in [0.2, 0.25) is 0 Å². The van der Waals surface area contributed by atoms with Gasteiger partial charge >= 0.3 is 12.0 Å². The highest BCUT2D eigenvalue weighted by molar-refractivity contribution is 7.15. The van der Waals surface area contributed by atoms with Crippen molar-refractivity contribution in [2.45, 2.75) is 32.7 Å². The lowest BCUT2D eigenvalue weighted by Crippen LogP contribution is -2.53. The number of hydrogen-bond acceptors (Lipinski definition) is 6. The van der Waals surface area contributed by atoms with Crippen LogP contribution in [-0.2, 0) is 14.3 Å². The minimum atomic E-state index is -0.778. The Hall–Kier alpha value is -2.42. The lowest BCUT2D eigenvalue weighted by molar-refractivity contribution is -0.134. The molecule has 1 aliphatic rings. The van der Waals surface area contributed by atoms with Gasteiger partial charge in [0.15, 0.2) is 0 Å². The SMILES string of the molecule is CCOC(=O)c1c(C)csc1NC(=O)NC1CCC(=O)NC1=O. The first-order valence-corrected chi connectivity index (χ1v) is 7.96. The quantitative estimate of drug-likeness (QED) is 0.563. The Bertz CT molecular complexity index is 655. The van der Waals surface area contributed by atoms with Gasteiger partial charge in [-0.1, -0.05) is 0 Å². The molecular weight excluding hydrogens is 322 g/mol. The maximum atomic E-state index is 12.0. The van der Waals surface area contributed by atoms with E-state index in [0.29, 0.717) is 16.1 Å².